The van der Waals surface area contributed by atoms with E-state index in [0.29, 0.717) is 0 Å². The van der Waals surface area contributed by atoms with E-state index < -0.39 is 11.4 Å². The number of carboxylic acid groups (broad SMARTS) is 1. The molecule has 0 atom stereocenters. The first kappa shape index (κ1) is 11.7. The Kier molecular flexibility index (Phi) is 2.69. The number of carboxylic acids is 1. The second-order valence-corrected chi connectivity index (χ2v) is 4.87. The predicted octanol–water partition coefficient (Wildman–Crippen LogP) is 3.09. The zero-order valence-corrected chi connectivity index (χ0v) is 10.4. The molecule has 2 N–H and O–H groups in total. The van der Waals surface area contributed by atoms with Crippen LogP contribution in [0.2, 0.25) is 0 Å². The highest BCUT2D eigenvalue weighted by Gasteiger charge is 2.31. The molecule has 2 rings (SSSR count). The number of carbonyl (C=O) groups is 1. The molecule has 0 aliphatic rings. The lowest BCUT2D eigenvalue weighted by molar-refractivity contribution is -0.142. The minimum Gasteiger partial charge on any atom is -0.481 e. The molecule has 0 amide bonds. The van der Waals surface area contributed by atoms with Gasteiger partial charge in [0.15, 0.2) is 0 Å². The summed E-state index contributed by atoms with van der Waals surface area (Å²) in [4.78, 5) is 14.4. The number of benzene rings is 1. The lowest BCUT2D eigenvalue weighted by atomic mass is 9.84. The Bertz CT molecular complexity index is 567. The quantitative estimate of drug-likeness (QED) is 0.852. The van der Waals surface area contributed by atoms with Crippen LogP contribution in [0.5, 0.6) is 0 Å². The smallest absolute Gasteiger partial charge is 0.313 e. The molecule has 17 heavy (non-hydrogen) atoms. The fraction of sp³-hybridized carbons (Fsp3) is 0.357. The van der Waals surface area contributed by atoms with Crippen molar-refractivity contribution < 1.29 is 9.90 Å². The Morgan fingerprint density at radius 3 is 2.71 bits per heavy atom. The summed E-state index contributed by atoms with van der Waals surface area (Å²) in [6.07, 6.45) is 2.78. The van der Waals surface area contributed by atoms with Gasteiger partial charge in [-0.2, -0.15) is 0 Å². The third-order valence-corrected chi connectivity index (χ3v) is 3.36. The maximum Gasteiger partial charge on any atom is 0.313 e. The molecule has 0 unspecified atom stereocenters. The average Bonchev–Trinajstić information content (AvgIpc) is 2.71. The van der Waals surface area contributed by atoms with E-state index in [1.807, 2.05) is 6.07 Å². The fourth-order valence-electron chi connectivity index (χ4n) is 2.03. The Morgan fingerprint density at radius 2 is 2.12 bits per heavy atom. The summed E-state index contributed by atoms with van der Waals surface area (Å²) in [6.45, 7) is 5.56. The van der Waals surface area contributed by atoms with E-state index in [1.54, 1.807) is 20.0 Å². The highest BCUT2D eigenvalue weighted by Crippen LogP contribution is 2.31. The standard InChI is InChI=1S/C14H17NO2/c1-4-9-5-6-10-11(8-15-12(10)7-9)14(2,3)13(16)17/h5-8,15H,4H2,1-3H3,(H,16,17). The molecular formula is C14H17NO2. The lowest BCUT2D eigenvalue weighted by Crippen LogP contribution is -2.28. The van der Waals surface area contributed by atoms with E-state index in [0.717, 1.165) is 22.9 Å². The third-order valence-electron chi connectivity index (χ3n) is 3.36. The maximum atomic E-state index is 11.3. The molecule has 3 heteroatoms. The minimum atomic E-state index is -0.869. The highest BCUT2D eigenvalue weighted by atomic mass is 16.4. The third kappa shape index (κ3) is 1.82. The van der Waals surface area contributed by atoms with Crippen LogP contribution in [0.25, 0.3) is 10.9 Å². The number of hydrogen-bond acceptors (Lipinski definition) is 1. The molecular weight excluding hydrogens is 214 g/mol. The highest BCUT2D eigenvalue weighted by molar-refractivity contribution is 5.91. The van der Waals surface area contributed by atoms with Gasteiger partial charge >= 0.3 is 5.97 Å². The summed E-state index contributed by atoms with van der Waals surface area (Å²) in [7, 11) is 0. The van der Waals surface area contributed by atoms with Gasteiger partial charge in [0, 0.05) is 17.1 Å². The predicted molar refractivity (Wildman–Crippen MR) is 68.3 cm³/mol. The van der Waals surface area contributed by atoms with Crippen LogP contribution < -0.4 is 0 Å². The lowest BCUT2D eigenvalue weighted by Gasteiger charge is -2.18. The van der Waals surface area contributed by atoms with Gasteiger partial charge in [-0.1, -0.05) is 19.1 Å². The van der Waals surface area contributed by atoms with Crippen LogP contribution in [0, 0.1) is 0 Å². The van der Waals surface area contributed by atoms with Crippen molar-refractivity contribution in [2.45, 2.75) is 32.6 Å². The van der Waals surface area contributed by atoms with Crippen LogP contribution in [0.4, 0.5) is 0 Å². The van der Waals surface area contributed by atoms with Crippen molar-refractivity contribution in [3.63, 3.8) is 0 Å². The van der Waals surface area contributed by atoms with Gasteiger partial charge in [0.05, 0.1) is 5.41 Å². The summed E-state index contributed by atoms with van der Waals surface area (Å²) < 4.78 is 0. The first-order chi connectivity index (χ1) is 7.96. The largest absolute Gasteiger partial charge is 0.481 e. The van der Waals surface area contributed by atoms with Crippen LogP contribution in [0.1, 0.15) is 31.9 Å². The second-order valence-electron chi connectivity index (χ2n) is 4.87. The van der Waals surface area contributed by atoms with Gasteiger partial charge in [0.1, 0.15) is 0 Å². The zero-order valence-electron chi connectivity index (χ0n) is 10.4. The minimum absolute atomic E-state index is 0.807. The molecule has 0 saturated heterocycles. The van der Waals surface area contributed by atoms with Crippen LogP contribution in [-0.4, -0.2) is 16.1 Å². The zero-order chi connectivity index (χ0) is 12.6. The van der Waals surface area contributed by atoms with Gasteiger partial charge in [-0.3, -0.25) is 4.79 Å². The second kappa shape index (κ2) is 3.91. The van der Waals surface area contributed by atoms with Gasteiger partial charge in [-0.15, -0.1) is 0 Å². The number of rotatable bonds is 3. The molecule has 1 aromatic heterocycles. The number of aliphatic carboxylic acids is 1. The molecule has 2 aromatic rings. The van der Waals surface area contributed by atoms with Gasteiger partial charge in [0.2, 0.25) is 0 Å². The van der Waals surface area contributed by atoms with E-state index in [9.17, 15) is 9.90 Å². The number of hydrogen-bond donors (Lipinski definition) is 2. The van der Waals surface area contributed by atoms with Crippen molar-refractivity contribution in [2.24, 2.45) is 0 Å². The van der Waals surface area contributed by atoms with Crippen molar-refractivity contribution >= 4 is 16.9 Å². The Labute approximate surface area is 100 Å². The summed E-state index contributed by atoms with van der Waals surface area (Å²) in [5, 5.41) is 10.3. The van der Waals surface area contributed by atoms with Crippen molar-refractivity contribution in [1.29, 1.82) is 0 Å². The topological polar surface area (TPSA) is 53.1 Å². The van der Waals surface area contributed by atoms with Crippen LogP contribution >= 0.6 is 0 Å². The van der Waals surface area contributed by atoms with E-state index in [1.165, 1.54) is 5.56 Å². The first-order valence-corrected chi connectivity index (χ1v) is 5.80. The molecule has 0 spiro atoms. The van der Waals surface area contributed by atoms with Crippen molar-refractivity contribution in [3.05, 3.63) is 35.5 Å². The normalized spacial score (nSPS) is 11.9. The molecule has 0 saturated carbocycles. The Balaban J connectivity index is 2.61. The molecule has 1 aromatic carbocycles. The molecule has 90 valence electrons. The molecule has 0 fully saturated rings. The number of H-pyrrole nitrogens is 1. The summed E-state index contributed by atoms with van der Waals surface area (Å²) in [6, 6.07) is 6.14. The monoisotopic (exact) mass is 231 g/mol. The van der Waals surface area contributed by atoms with Crippen molar-refractivity contribution in [1.82, 2.24) is 4.98 Å². The van der Waals surface area contributed by atoms with Crippen LogP contribution in [-0.2, 0) is 16.6 Å². The fourth-order valence-corrected chi connectivity index (χ4v) is 2.03. The number of fused-ring (bicyclic) bond motifs is 1. The summed E-state index contributed by atoms with van der Waals surface area (Å²) in [5.74, 6) is -0.807. The van der Waals surface area contributed by atoms with E-state index in [-0.39, 0.29) is 0 Å². The van der Waals surface area contributed by atoms with E-state index in [2.05, 4.69) is 24.0 Å². The number of aryl methyl sites for hydroxylation is 1. The Hall–Kier alpha value is -1.77. The molecule has 0 bridgehead atoms. The molecule has 1 heterocycles. The van der Waals surface area contributed by atoms with Gasteiger partial charge in [-0.25, -0.2) is 0 Å². The molecule has 0 aliphatic heterocycles. The molecule has 0 aliphatic carbocycles. The Morgan fingerprint density at radius 1 is 1.41 bits per heavy atom. The number of nitrogens with one attached hydrogen (secondary N) is 1. The first-order valence-electron chi connectivity index (χ1n) is 5.80. The van der Waals surface area contributed by atoms with E-state index >= 15 is 0 Å². The van der Waals surface area contributed by atoms with Gasteiger partial charge in [0.25, 0.3) is 0 Å². The summed E-state index contributed by atoms with van der Waals surface area (Å²) >= 11 is 0. The maximum absolute atomic E-state index is 11.3. The van der Waals surface area contributed by atoms with Crippen LogP contribution in [0.15, 0.2) is 24.4 Å². The average molecular weight is 231 g/mol. The number of aromatic nitrogens is 1. The number of aromatic amines is 1. The van der Waals surface area contributed by atoms with Crippen LogP contribution in [0.3, 0.4) is 0 Å². The molecule has 0 radical (unpaired) electrons. The van der Waals surface area contributed by atoms with Crippen molar-refractivity contribution in [2.75, 3.05) is 0 Å². The summed E-state index contributed by atoms with van der Waals surface area (Å²) in [5.41, 5.74) is 2.22. The molecule has 3 nitrogen and oxygen atoms in total. The van der Waals surface area contributed by atoms with E-state index in [4.69, 9.17) is 0 Å². The van der Waals surface area contributed by atoms with Gasteiger partial charge in [-0.05, 0) is 37.5 Å². The van der Waals surface area contributed by atoms with Gasteiger partial charge < -0.3 is 10.1 Å². The SMILES string of the molecule is CCc1ccc2c(C(C)(C)C(=O)O)c[nH]c2c1. The van der Waals surface area contributed by atoms with Crippen molar-refractivity contribution in [3.8, 4) is 0 Å².